The van der Waals surface area contributed by atoms with E-state index >= 15 is 0 Å². The number of carbonyl (C=O) groups excluding carboxylic acids is 5. The van der Waals surface area contributed by atoms with Crippen LogP contribution in [-0.4, -0.2) is 53.6 Å². The highest BCUT2D eigenvalue weighted by Gasteiger charge is 2.36. The van der Waals surface area contributed by atoms with Crippen molar-refractivity contribution in [2.45, 2.75) is 13.8 Å². The Balaban J connectivity index is 1.31. The summed E-state index contributed by atoms with van der Waals surface area (Å²) in [4.78, 5) is 63.1. The number of anilines is 2. The lowest BCUT2D eigenvalue weighted by Gasteiger charge is -2.13. The summed E-state index contributed by atoms with van der Waals surface area (Å²) in [5.41, 5.74) is 2.70. The van der Waals surface area contributed by atoms with Crippen LogP contribution >= 0.6 is 23.4 Å². The van der Waals surface area contributed by atoms with E-state index in [2.05, 4.69) is 10.6 Å². The molecule has 42 heavy (non-hydrogen) atoms. The molecule has 4 rings (SSSR count). The van der Waals surface area contributed by atoms with Gasteiger partial charge in [0.05, 0.1) is 22.1 Å². The molecule has 0 radical (unpaired) electrons. The highest BCUT2D eigenvalue weighted by atomic mass is 35.5. The number of amides is 4. The number of hydrogen-bond donors (Lipinski definition) is 2. The molecule has 0 bridgehead atoms. The number of benzene rings is 3. The molecule has 1 fully saturated rings. The second-order valence-electron chi connectivity index (χ2n) is 9.00. The second-order valence-corrected chi connectivity index (χ2v) is 10.4. The summed E-state index contributed by atoms with van der Waals surface area (Å²) in [5, 5.41) is 4.87. The third-order valence-corrected chi connectivity index (χ3v) is 7.04. The molecule has 12 heteroatoms. The lowest BCUT2D eigenvalue weighted by molar-refractivity contribution is -0.127. The van der Waals surface area contributed by atoms with E-state index in [9.17, 15) is 24.0 Å². The maximum atomic E-state index is 12.9. The van der Waals surface area contributed by atoms with Gasteiger partial charge >= 0.3 is 5.97 Å². The normalized spacial score (nSPS) is 13.7. The number of thioether (sulfide) groups is 1. The number of halogens is 1. The van der Waals surface area contributed by atoms with Crippen molar-refractivity contribution >= 4 is 69.7 Å². The van der Waals surface area contributed by atoms with Crippen LogP contribution in [0.4, 0.5) is 16.2 Å². The first kappa shape index (κ1) is 30.4. The van der Waals surface area contributed by atoms with E-state index in [0.29, 0.717) is 28.8 Å². The Labute approximate surface area is 251 Å². The maximum Gasteiger partial charge on any atom is 0.339 e. The minimum atomic E-state index is -0.641. The Morgan fingerprint density at radius 1 is 0.929 bits per heavy atom. The van der Waals surface area contributed by atoms with Gasteiger partial charge in [0.15, 0.2) is 6.61 Å². The summed E-state index contributed by atoms with van der Waals surface area (Å²) in [6, 6.07) is 18.3. The number of rotatable bonds is 10. The van der Waals surface area contributed by atoms with Crippen LogP contribution in [0.1, 0.15) is 28.4 Å². The molecule has 0 spiro atoms. The van der Waals surface area contributed by atoms with Crippen LogP contribution in [0.3, 0.4) is 0 Å². The fourth-order valence-electron chi connectivity index (χ4n) is 3.74. The molecule has 0 unspecified atom stereocenters. The number of esters is 1. The first-order valence-electron chi connectivity index (χ1n) is 12.7. The average molecular weight is 608 g/mol. The van der Waals surface area contributed by atoms with Gasteiger partial charge in [-0.2, -0.15) is 0 Å². The topological polar surface area (TPSA) is 131 Å². The number of aryl methyl sites for hydroxylation is 1. The van der Waals surface area contributed by atoms with Crippen LogP contribution in [0.5, 0.6) is 5.75 Å². The molecule has 1 heterocycles. The Hall–Kier alpha value is -4.61. The zero-order valence-corrected chi connectivity index (χ0v) is 24.2. The van der Waals surface area contributed by atoms with Crippen molar-refractivity contribution in [1.29, 1.82) is 0 Å². The van der Waals surface area contributed by atoms with Crippen LogP contribution < -0.4 is 15.4 Å². The van der Waals surface area contributed by atoms with Gasteiger partial charge in [0.25, 0.3) is 17.1 Å². The summed E-state index contributed by atoms with van der Waals surface area (Å²) >= 11 is 6.76. The van der Waals surface area contributed by atoms with Gasteiger partial charge in [-0.15, -0.1) is 0 Å². The van der Waals surface area contributed by atoms with Crippen LogP contribution in [0, 0.1) is 6.92 Å². The fraction of sp³-hybridized carbons (Fsp3) is 0.167. The highest BCUT2D eigenvalue weighted by Crippen LogP contribution is 2.32. The van der Waals surface area contributed by atoms with Crippen LogP contribution in [0.15, 0.2) is 71.6 Å². The van der Waals surface area contributed by atoms with Crippen molar-refractivity contribution < 1.29 is 33.4 Å². The van der Waals surface area contributed by atoms with Crippen LogP contribution in [-0.2, 0) is 19.1 Å². The SMILES string of the molecule is CCOC(=O)c1cc(NC(=O)CN2C(=O)S/C(=C/c3ccc(OCC(=O)Nc4ccc(C)cc4)cc3)C2=O)ccc1Cl. The molecule has 3 aromatic carbocycles. The molecule has 0 aliphatic carbocycles. The third kappa shape index (κ3) is 7.99. The molecule has 2 N–H and O–H groups in total. The van der Waals surface area contributed by atoms with E-state index in [1.165, 1.54) is 24.3 Å². The molecule has 1 saturated heterocycles. The standard InChI is InChI=1S/C30H26ClN3O7S/c1-3-40-29(38)23-15-21(10-13-24(23)31)33-26(35)16-34-28(37)25(42-30(34)39)14-19-6-11-22(12-7-19)41-17-27(36)32-20-8-4-18(2)5-9-20/h4-15H,3,16-17H2,1-2H3,(H,32,36)(H,33,35)/b25-14+. The minimum Gasteiger partial charge on any atom is -0.484 e. The third-order valence-electron chi connectivity index (χ3n) is 5.80. The summed E-state index contributed by atoms with van der Waals surface area (Å²) in [5.74, 6) is -1.75. The van der Waals surface area contributed by atoms with Gasteiger partial charge < -0.3 is 20.1 Å². The molecule has 4 amide bonds. The van der Waals surface area contributed by atoms with Crippen LogP contribution in [0.25, 0.3) is 6.08 Å². The summed E-state index contributed by atoms with van der Waals surface area (Å²) in [6.45, 7) is 3.07. The lowest BCUT2D eigenvalue weighted by atomic mass is 10.2. The molecule has 10 nitrogen and oxygen atoms in total. The van der Waals surface area contributed by atoms with Gasteiger partial charge in [-0.05, 0) is 79.7 Å². The number of imide groups is 1. The fourth-order valence-corrected chi connectivity index (χ4v) is 4.78. The summed E-state index contributed by atoms with van der Waals surface area (Å²) in [6.07, 6.45) is 1.53. The molecular formula is C30H26ClN3O7S. The quantitative estimate of drug-likeness (QED) is 0.228. The number of ether oxygens (including phenoxy) is 2. The molecule has 0 saturated carbocycles. The van der Waals surface area contributed by atoms with Gasteiger partial charge in [-0.1, -0.05) is 41.4 Å². The Bertz CT molecular complexity index is 1560. The predicted molar refractivity (Wildman–Crippen MR) is 160 cm³/mol. The van der Waals surface area contributed by atoms with Crippen LogP contribution in [0.2, 0.25) is 5.02 Å². The number of hydrogen-bond acceptors (Lipinski definition) is 8. The number of nitrogens with one attached hydrogen (secondary N) is 2. The van der Waals surface area contributed by atoms with Gasteiger partial charge in [0, 0.05) is 11.4 Å². The first-order chi connectivity index (χ1) is 20.1. The van der Waals surface area contributed by atoms with Crippen molar-refractivity contribution in [2.24, 2.45) is 0 Å². The minimum absolute atomic E-state index is 0.0762. The molecule has 0 atom stereocenters. The molecule has 1 aliphatic rings. The molecular weight excluding hydrogens is 582 g/mol. The Morgan fingerprint density at radius 2 is 1.60 bits per heavy atom. The highest BCUT2D eigenvalue weighted by molar-refractivity contribution is 8.18. The largest absolute Gasteiger partial charge is 0.484 e. The average Bonchev–Trinajstić information content (AvgIpc) is 3.22. The zero-order valence-electron chi connectivity index (χ0n) is 22.6. The Morgan fingerprint density at radius 3 is 2.29 bits per heavy atom. The summed E-state index contributed by atoms with van der Waals surface area (Å²) in [7, 11) is 0. The van der Waals surface area contributed by atoms with Gasteiger partial charge in [0.1, 0.15) is 12.3 Å². The lowest BCUT2D eigenvalue weighted by Crippen LogP contribution is -2.36. The number of carbonyl (C=O) groups is 5. The van der Waals surface area contributed by atoms with Gasteiger partial charge in [-0.3, -0.25) is 24.1 Å². The molecule has 3 aromatic rings. The zero-order chi connectivity index (χ0) is 30.2. The van der Waals surface area contributed by atoms with E-state index in [1.807, 2.05) is 19.1 Å². The van der Waals surface area contributed by atoms with Crippen molar-refractivity contribution in [1.82, 2.24) is 4.90 Å². The van der Waals surface area contributed by atoms with E-state index in [1.54, 1.807) is 43.3 Å². The van der Waals surface area contributed by atoms with Crippen molar-refractivity contribution in [3.05, 3.63) is 93.3 Å². The van der Waals surface area contributed by atoms with Crippen molar-refractivity contribution in [3.63, 3.8) is 0 Å². The van der Waals surface area contributed by atoms with E-state index in [0.717, 1.165) is 10.5 Å². The monoisotopic (exact) mass is 607 g/mol. The smallest absolute Gasteiger partial charge is 0.339 e. The van der Waals surface area contributed by atoms with Crippen molar-refractivity contribution in [2.75, 3.05) is 30.4 Å². The Kier molecular flexibility index (Phi) is 10.00. The predicted octanol–water partition coefficient (Wildman–Crippen LogP) is 5.52. The number of nitrogens with zero attached hydrogens (tertiary/aromatic N) is 1. The molecule has 0 aromatic heterocycles. The van der Waals surface area contributed by atoms with E-state index in [-0.39, 0.29) is 40.3 Å². The van der Waals surface area contributed by atoms with Gasteiger partial charge in [0.2, 0.25) is 5.91 Å². The first-order valence-corrected chi connectivity index (χ1v) is 13.9. The molecule has 216 valence electrons. The maximum absolute atomic E-state index is 12.9. The van der Waals surface area contributed by atoms with Crippen molar-refractivity contribution in [3.8, 4) is 5.75 Å². The van der Waals surface area contributed by atoms with Gasteiger partial charge in [-0.25, -0.2) is 4.79 Å². The second kappa shape index (κ2) is 13.8. The van der Waals surface area contributed by atoms with E-state index in [4.69, 9.17) is 21.1 Å². The van der Waals surface area contributed by atoms with E-state index < -0.39 is 29.6 Å². The molecule has 1 aliphatic heterocycles. The summed E-state index contributed by atoms with van der Waals surface area (Å²) < 4.78 is 10.5.